The normalized spacial score (nSPS) is 11.8. The monoisotopic (exact) mass is 331 g/mol. The van der Waals surface area contributed by atoms with E-state index < -0.39 is 0 Å². The summed E-state index contributed by atoms with van der Waals surface area (Å²) in [6, 6.07) is 7.81. The zero-order chi connectivity index (χ0) is 17.8. The van der Waals surface area contributed by atoms with Crippen LogP contribution >= 0.6 is 0 Å². The van der Waals surface area contributed by atoms with Gasteiger partial charge in [0.2, 0.25) is 5.91 Å². The molecule has 0 aliphatic carbocycles. The van der Waals surface area contributed by atoms with Crippen LogP contribution in [0.5, 0.6) is 5.75 Å². The maximum absolute atomic E-state index is 12.3. The van der Waals surface area contributed by atoms with Gasteiger partial charge in [-0.3, -0.25) is 4.79 Å². The van der Waals surface area contributed by atoms with Crippen molar-refractivity contribution in [1.29, 1.82) is 0 Å². The highest BCUT2D eigenvalue weighted by atomic mass is 16.5. The van der Waals surface area contributed by atoms with Crippen molar-refractivity contribution in [2.45, 2.75) is 65.7 Å². The average molecular weight is 332 g/mol. The van der Waals surface area contributed by atoms with Gasteiger partial charge in [-0.1, -0.05) is 57.6 Å². The Morgan fingerprint density at radius 1 is 0.958 bits per heavy atom. The first kappa shape index (κ1) is 20.3. The number of hydrogen-bond donors (Lipinski definition) is 1. The van der Waals surface area contributed by atoms with Gasteiger partial charge in [-0.15, -0.1) is 0 Å². The number of allylic oxidation sites excluding steroid dienone is 1. The fourth-order valence-corrected chi connectivity index (χ4v) is 2.64. The van der Waals surface area contributed by atoms with E-state index in [-0.39, 0.29) is 5.91 Å². The lowest BCUT2D eigenvalue weighted by Gasteiger charge is -2.10. The SMILES string of the molecule is CCCCCCCCCNC(=O)/C(C)=C(\C)c1ccc(OC)cc1. The molecule has 0 radical (unpaired) electrons. The van der Waals surface area contributed by atoms with Gasteiger partial charge in [0, 0.05) is 12.1 Å². The van der Waals surface area contributed by atoms with E-state index in [0.29, 0.717) is 0 Å². The molecule has 0 heterocycles. The summed E-state index contributed by atoms with van der Waals surface area (Å²) in [6.07, 6.45) is 8.82. The highest BCUT2D eigenvalue weighted by Gasteiger charge is 2.09. The van der Waals surface area contributed by atoms with Crippen molar-refractivity contribution in [3.05, 3.63) is 35.4 Å². The molecule has 1 N–H and O–H groups in total. The molecule has 3 heteroatoms. The van der Waals surface area contributed by atoms with Gasteiger partial charge < -0.3 is 10.1 Å². The van der Waals surface area contributed by atoms with E-state index in [9.17, 15) is 4.79 Å². The Labute approximate surface area is 147 Å². The number of hydrogen-bond acceptors (Lipinski definition) is 2. The van der Waals surface area contributed by atoms with Crippen LogP contribution in [-0.2, 0) is 4.79 Å². The molecule has 134 valence electrons. The minimum absolute atomic E-state index is 0.0364. The number of methoxy groups -OCH3 is 1. The lowest BCUT2D eigenvalue weighted by atomic mass is 10.0. The summed E-state index contributed by atoms with van der Waals surface area (Å²) in [7, 11) is 1.65. The number of unbranched alkanes of at least 4 members (excludes halogenated alkanes) is 6. The molecule has 0 aliphatic rings. The van der Waals surface area contributed by atoms with E-state index in [0.717, 1.165) is 35.4 Å². The van der Waals surface area contributed by atoms with Crippen molar-refractivity contribution in [1.82, 2.24) is 5.32 Å². The Bertz CT molecular complexity index is 517. The Kier molecular flexibility index (Phi) is 9.90. The first-order valence-corrected chi connectivity index (χ1v) is 9.20. The average Bonchev–Trinajstić information content (AvgIpc) is 2.62. The van der Waals surface area contributed by atoms with E-state index in [4.69, 9.17) is 4.74 Å². The molecule has 1 rings (SSSR count). The van der Waals surface area contributed by atoms with Crippen LogP contribution < -0.4 is 10.1 Å². The number of nitrogens with one attached hydrogen (secondary N) is 1. The lowest BCUT2D eigenvalue weighted by Crippen LogP contribution is -2.25. The number of benzene rings is 1. The fourth-order valence-electron chi connectivity index (χ4n) is 2.64. The second-order valence-electron chi connectivity index (χ2n) is 6.36. The Hall–Kier alpha value is -1.77. The number of amides is 1. The van der Waals surface area contributed by atoms with E-state index in [2.05, 4.69) is 12.2 Å². The third-order valence-corrected chi connectivity index (χ3v) is 4.49. The number of carbonyl (C=O) groups is 1. The number of rotatable bonds is 11. The van der Waals surface area contributed by atoms with E-state index in [1.54, 1.807) is 7.11 Å². The minimum Gasteiger partial charge on any atom is -0.497 e. The molecule has 0 aromatic heterocycles. The third kappa shape index (κ3) is 7.20. The summed E-state index contributed by atoms with van der Waals surface area (Å²) < 4.78 is 5.17. The molecular formula is C21H33NO2. The van der Waals surface area contributed by atoms with Crippen molar-refractivity contribution in [3.8, 4) is 5.75 Å². The molecule has 1 aromatic carbocycles. The van der Waals surface area contributed by atoms with Crippen LogP contribution in [0.4, 0.5) is 0 Å². The summed E-state index contributed by atoms with van der Waals surface area (Å²) in [5.74, 6) is 0.863. The minimum atomic E-state index is 0.0364. The summed E-state index contributed by atoms with van der Waals surface area (Å²) >= 11 is 0. The van der Waals surface area contributed by atoms with Crippen molar-refractivity contribution >= 4 is 11.5 Å². The summed E-state index contributed by atoms with van der Waals surface area (Å²) in [6.45, 7) is 6.88. The molecule has 0 saturated carbocycles. The van der Waals surface area contributed by atoms with Crippen molar-refractivity contribution in [3.63, 3.8) is 0 Å². The second kappa shape index (κ2) is 11.7. The Morgan fingerprint density at radius 2 is 1.54 bits per heavy atom. The van der Waals surface area contributed by atoms with Crippen molar-refractivity contribution in [2.24, 2.45) is 0 Å². The molecule has 1 aromatic rings. The topological polar surface area (TPSA) is 38.3 Å². The van der Waals surface area contributed by atoms with Crippen LogP contribution in [0.15, 0.2) is 29.8 Å². The molecule has 0 saturated heterocycles. The van der Waals surface area contributed by atoms with Crippen LogP contribution in [0, 0.1) is 0 Å². The van der Waals surface area contributed by atoms with Crippen molar-refractivity contribution in [2.75, 3.05) is 13.7 Å². The molecule has 0 aliphatic heterocycles. The lowest BCUT2D eigenvalue weighted by molar-refractivity contribution is -0.117. The Morgan fingerprint density at radius 3 is 2.12 bits per heavy atom. The van der Waals surface area contributed by atoms with Crippen LogP contribution in [0.3, 0.4) is 0 Å². The molecule has 0 bridgehead atoms. The molecule has 3 nitrogen and oxygen atoms in total. The quantitative estimate of drug-likeness (QED) is 0.438. The molecule has 0 atom stereocenters. The summed E-state index contributed by atoms with van der Waals surface area (Å²) in [4.78, 5) is 12.3. The second-order valence-corrected chi connectivity index (χ2v) is 6.36. The zero-order valence-corrected chi connectivity index (χ0v) is 15.8. The molecule has 0 spiro atoms. The summed E-state index contributed by atoms with van der Waals surface area (Å²) in [5, 5.41) is 3.04. The predicted molar refractivity (Wildman–Crippen MR) is 102 cm³/mol. The van der Waals surface area contributed by atoms with Gasteiger partial charge in [0.25, 0.3) is 0 Å². The van der Waals surface area contributed by atoms with Gasteiger partial charge in [-0.2, -0.15) is 0 Å². The van der Waals surface area contributed by atoms with Gasteiger partial charge in [-0.25, -0.2) is 0 Å². The van der Waals surface area contributed by atoms with Crippen LogP contribution in [0.25, 0.3) is 5.57 Å². The maximum Gasteiger partial charge on any atom is 0.247 e. The van der Waals surface area contributed by atoms with E-state index >= 15 is 0 Å². The molecule has 24 heavy (non-hydrogen) atoms. The van der Waals surface area contributed by atoms with Crippen molar-refractivity contribution < 1.29 is 9.53 Å². The maximum atomic E-state index is 12.3. The molecular weight excluding hydrogens is 298 g/mol. The largest absolute Gasteiger partial charge is 0.497 e. The molecule has 1 amide bonds. The van der Waals surface area contributed by atoms with E-state index in [1.807, 2.05) is 38.1 Å². The molecule has 0 fully saturated rings. The van der Waals surface area contributed by atoms with Gasteiger partial charge in [-0.05, 0) is 43.5 Å². The van der Waals surface area contributed by atoms with E-state index in [1.165, 1.54) is 38.5 Å². The highest BCUT2D eigenvalue weighted by molar-refractivity contribution is 6.00. The fraction of sp³-hybridized carbons (Fsp3) is 0.571. The van der Waals surface area contributed by atoms with Crippen LogP contribution in [-0.4, -0.2) is 19.6 Å². The standard InChI is InChI=1S/C21H33NO2/c1-5-6-7-8-9-10-11-16-22-21(23)18(3)17(2)19-12-14-20(24-4)15-13-19/h12-15H,5-11,16H2,1-4H3,(H,22,23)/b18-17+. The third-order valence-electron chi connectivity index (χ3n) is 4.49. The van der Waals surface area contributed by atoms with Gasteiger partial charge in [0.15, 0.2) is 0 Å². The first-order valence-electron chi connectivity index (χ1n) is 9.20. The predicted octanol–water partition coefficient (Wildman–Crippen LogP) is 5.36. The van der Waals surface area contributed by atoms with Crippen LogP contribution in [0.2, 0.25) is 0 Å². The summed E-state index contributed by atoms with van der Waals surface area (Å²) in [5.41, 5.74) is 2.84. The smallest absolute Gasteiger partial charge is 0.247 e. The number of carbonyl (C=O) groups excluding carboxylic acids is 1. The van der Waals surface area contributed by atoms with Gasteiger partial charge in [0.1, 0.15) is 5.75 Å². The van der Waals surface area contributed by atoms with Gasteiger partial charge >= 0.3 is 0 Å². The first-order chi connectivity index (χ1) is 11.6. The Balaban J connectivity index is 2.37. The number of ether oxygens (including phenoxy) is 1. The highest BCUT2D eigenvalue weighted by Crippen LogP contribution is 2.21. The zero-order valence-electron chi connectivity index (χ0n) is 15.8. The molecule has 0 unspecified atom stereocenters. The van der Waals surface area contributed by atoms with Crippen LogP contribution in [0.1, 0.15) is 71.3 Å². The van der Waals surface area contributed by atoms with Gasteiger partial charge in [0.05, 0.1) is 7.11 Å².